The Morgan fingerprint density at radius 3 is 2.62 bits per heavy atom. The molecule has 0 amide bonds. The van der Waals surface area contributed by atoms with Gasteiger partial charge < -0.3 is 11.1 Å². The molecule has 9 heteroatoms. The predicted molar refractivity (Wildman–Crippen MR) is 120 cm³/mol. The van der Waals surface area contributed by atoms with Crippen LogP contribution in [0, 0.1) is 11.6 Å². The molecule has 2 heterocycles. The van der Waals surface area contributed by atoms with Gasteiger partial charge in [-0.05, 0) is 29.7 Å². The number of halogens is 2. The van der Waals surface area contributed by atoms with Gasteiger partial charge in [-0.1, -0.05) is 31.2 Å². The van der Waals surface area contributed by atoms with E-state index in [1.807, 2.05) is 6.92 Å². The molecule has 0 atom stereocenters. The first-order valence-corrected chi connectivity index (χ1v) is 9.96. The largest absolute Gasteiger partial charge is 0.383 e. The summed E-state index contributed by atoms with van der Waals surface area (Å²) in [5.74, 6) is -0.687. The van der Waals surface area contributed by atoms with Crippen LogP contribution in [0.3, 0.4) is 0 Å². The van der Waals surface area contributed by atoms with E-state index in [2.05, 4.69) is 15.3 Å². The maximum Gasteiger partial charge on any atom is 0.266 e. The summed E-state index contributed by atoms with van der Waals surface area (Å²) in [6.45, 7) is 1.94. The van der Waals surface area contributed by atoms with Gasteiger partial charge in [0, 0.05) is 12.1 Å². The van der Waals surface area contributed by atoms with Crippen LogP contribution in [0.4, 0.5) is 20.4 Å². The molecule has 0 radical (unpaired) electrons. The molecular weight excluding hydrogens is 414 g/mol. The zero-order valence-corrected chi connectivity index (χ0v) is 17.3. The zero-order valence-electron chi connectivity index (χ0n) is 17.3. The summed E-state index contributed by atoms with van der Waals surface area (Å²) < 4.78 is 30.3. The van der Waals surface area contributed by atoms with E-state index in [1.54, 1.807) is 18.2 Å². The van der Waals surface area contributed by atoms with Gasteiger partial charge in [0.1, 0.15) is 35.2 Å². The molecule has 4 rings (SSSR count). The van der Waals surface area contributed by atoms with Crippen molar-refractivity contribution in [2.75, 3.05) is 11.1 Å². The maximum atomic E-state index is 14.6. The maximum absolute atomic E-state index is 14.6. The summed E-state index contributed by atoms with van der Waals surface area (Å²) >= 11 is 0. The first-order chi connectivity index (χ1) is 15.4. The van der Waals surface area contributed by atoms with Crippen LogP contribution in [0.15, 0.2) is 59.7 Å². The SMILES string of the molecule is CCC(=[NH2+])c1c(N)ncnc1NCc1cc2cccc(F)c2c(=O)n1-c1ccccc1F. The lowest BCUT2D eigenvalue weighted by Gasteiger charge is -2.17. The first-order valence-electron chi connectivity index (χ1n) is 9.96. The number of anilines is 2. The van der Waals surface area contributed by atoms with Crippen molar-refractivity contribution in [1.82, 2.24) is 14.5 Å². The summed E-state index contributed by atoms with van der Waals surface area (Å²) in [6.07, 6.45) is 1.82. The van der Waals surface area contributed by atoms with Crippen molar-refractivity contribution in [3.05, 3.63) is 88.1 Å². The van der Waals surface area contributed by atoms with Crippen LogP contribution < -0.4 is 22.0 Å². The number of nitrogens with one attached hydrogen (secondary N) is 1. The highest BCUT2D eigenvalue weighted by molar-refractivity contribution is 6.03. The van der Waals surface area contributed by atoms with E-state index in [0.717, 1.165) is 4.57 Å². The molecule has 32 heavy (non-hydrogen) atoms. The normalized spacial score (nSPS) is 11.0. The van der Waals surface area contributed by atoms with Gasteiger partial charge in [-0.15, -0.1) is 0 Å². The Bertz CT molecular complexity index is 1400. The van der Waals surface area contributed by atoms with Crippen molar-refractivity contribution in [2.45, 2.75) is 19.9 Å². The van der Waals surface area contributed by atoms with Gasteiger partial charge in [0.15, 0.2) is 5.71 Å². The van der Waals surface area contributed by atoms with E-state index in [1.165, 1.54) is 36.7 Å². The number of rotatable bonds is 6. The molecule has 2 aromatic carbocycles. The second kappa shape index (κ2) is 8.54. The minimum absolute atomic E-state index is 0.0153. The molecule has 0 spiro atoms. The number of aromatic nitrogens is 3. The van der Waals surface area contributed by atoms with Gasteiger partial charge in [-0.3, -0.25) is 14.8 Å². The molecule has 0 aliphatic heterocycles. The Kier molecular flexibility index (Phi) is 5.63. The third-order valence-electron chi connectivity index (χ3n) is 5.18. The minimum atomic E-state index is -0.673. The van der Waals surface area contributed by atoms with Gasteiger partial charge in [0.25, 0.3) is 5.56 Å². The monoisotopic (exact) mass is 435 g/mol. The van der Waals surface area contributed by atoms with Crippen molar-refractivity contribution in [3.8, 4) is 5.69 Å². The number of nitrogen functional groups attached to an aromatic ring is 1. The molecule has 0 saturated heterocycles. The topological polar surface area (TPSA) is 111 Å². The molecule has 5 N–H and O–H groups in total. The molecule has 7 nitrogen and oxygen atoms in total. The molecule has 0 saturated carbocycles. The average molecular weight is 435 g/mol. The number of nitrogens with two attached hydrogens (primary N) is 2. The fourth-order valence-corrected chi connectivity index (χ4v) is 3.60. The summed E-state index contributed by atoms with van der Waals surface area (Å²) in [7, 11) is 0. The Hall–Kier alpha value is -4.14. The molecule has 0 fully saturated rings. The van der Waals surface area contributed by atoms with Crippen LogP contribution in [-0.4, -0.2) is 20.2 Å². The van der Waals surface area contributed by atoms with Gasteiger partial charge >= 0.3 is 0 Å². The van der Waals surface area contributed by atoms with Crippen molar-refractivity contribution >= 4 is 28.1 Å². The van der Waals surface area contributed by atoms with E-state index in [4.69, 9.17) is 11.1 Å². The van der Waals surface area contributed by atoms with E-state index in [0.29, 0.717) is 34.6 Å². The van der Waals surface area contributed by atoms with Gasteiger partial charge in [0.05, 0.1) is 17.6 Å². The van der Waals surface area contributed by atoms with Crippen molar-refractivity contribution in [3.63, 3.8) is 0 Å². The summed E-state index contributed by atoms with van der Waals surface area (Å²) in [6, 6.07) is 11.8. The molecule has 0 aliphatic carbocycles. The molecule has 4 aromatic rings. The number of para-hydroxylation sites is 1. The summed E-state index contributed by atoms with van der Waals surface area (Å²) in [4.78, 5) is 21.5. The second-order valence-electron chi connectivity index (χ2n) is 7.15. The van der Waals surface area contributed by atoms with Gasteiger partial charge in [0.2, 0.25) is 0 Å². The number of hydrogen-bond donors (Lipinski definition) is 3. The van der Waals surface area contributed by atoms with E-state index in [-0.39, 0.29) is 23.4 Å². The number of benzene rings is 2. The van der Waals surface area contributed by atoms with Crippen LogP contribution in [0.1, 0.15) is 24.6 Å². The number of nitrogens with zero attached hydrogens (tertiary/aromatic N) is 3. The zero-order chi connectivity index (χ0) is 22.8. The molecule has 0 bridgehead atoms. The lowest BCUT2D eigenvalue weighted by atomic mass is 10.1. The molecule has 0 unspecified atom stereocenters. The quantitative estimate of drug-likeness (QED) is 0.402. The third-order valence-corrected chi connectivity index (χ3v) is 5.18. The van der Waals surface area contributed by atoms with Crippen LogP contribution in [0.2, 0.25) is 0 Å². The van der Waals surface area contributed by atoms with E-state index in [9.17, 15) is 13.6 Å². The standard InChI is InChI=1S/C23H20F2N6O/c1-2-17(26)20-21(27)29-12-30-22(20)28-11-14-10-13-6-5-8-16(25)19(13)23(32)31(14)18-9-4-3-7-15(18)24/h3-10,12,26H,2,11H2,1H3,(H3,27,28,29,30)/p+1. The average Bonchev–Trinajstić information content (AvgIpc) is 2.78. The highest BCUT2D eigenvalue weighted by atomic mass is 19.1. The Morgan fingerprint density at radius 2 is 1.88 bits per heavy atom. The molecule has 2 aromatic heterocycles. The smallest absolute Gasteiger partial charge is 0.266 e. The second-order valence-corrected chi connectivity index (χ2v) is 7.15. The van der Waals surface area contributed by atoms with Crippen molar-refractivity contribution in [2.24, 2.45) is 0 Å². The molecular formula is C23H21F2N6O+. The van der Waals surface area contributed by atoms with E-state index >= 15 is 0 Å². The lowest BCUT2D eigenvalue weighted by Crippen LogP contribution is -2.41. The first kappa shape index (κ1) is 21.1. The van der Waals surface area contributed by atoms with Crippen molar-refractivity contribution in [1.29, 1.82) is 0 Å². The van der Waals surface area contributed by atoms with Crippen LogP contribution in [0.25, 0.3) is 16.5 Å². The highest BCUT2D eigenvalue weighted by Crippen LogP contribution is 2.23. The van der Waals surface area contributed by atoms with E-state index < -0.39 is 17.2 Å². The Morgan fingerprint density at radius 1 is 1.12 bits per heavy atom. The van der Waals surface area contributed by atoms with Crippen LogP contribution in [0.5, 0.6) is 0 Å². The van der Waals surface area contributed by atoms with Crippen LogP contribution in [-0.2, 0) is 6.54 Å². The molecule has 162 valence electrons. The summed E-state index contributed by atoms with van der Waals surface area (Å²) in [5.41, 5.74) is 6.71. The van der Waals surface area contributed by atoms with Crippen LogP contribution >= 0.6 is 0 Å². The highest BCUT2D eigenvalue weighted by Gasteiger charge is 2.19. The van der Waals surface area contributed by atoms with Crippen molar-refractivity contribution < 1.29 is 14.2 Å². The third kappa shape index (κ3) is 3.68. The fourth-order valence-electron chi connectivity index (χ4n) is 3.60. The summed E-state index contributed by atoms with van der Waals surface area (Å²) in [5, 5.41) is 9.49. The predicted octanol–water partition coefficient (Wildman–Crippen LogP) is 2.21. The Balaban J connectivity index is 1.88. The van der Waals surface area contributed by atoms with Gasteiger partial charge in [-0.2, -0.15) is 0 Å². The molecule has 0 aliphatic rings. The number of fused-ring (bicyclic) bond motifs is 1. The lowest BCUT2D eigenvalue weighted by molar-refractivity contribution is -0.114. The fraction of sp³-hybridized carbons (Fsp3) is 0.130. The minimum Gasteiger partial charge on any atom is -0.383 e. The number of pyridine rings is 1. The number of hydrogen-bond acceptors (Lipinski definition) is 5. The Labute approximate surface area is 182 Å². The van der Waals surface area contributed by atoms with Gasteiger partial charge in [-0.25, -0.2) is 18.7 Å².